The monoisotopic (exact) mass is 237 g/mol. The van der Waals surface area contributed by atoms with Crippen LogP contribution in [0.25, 0.3) is 0 Å². The van der Waals surface area contributed by atoms with Crippen LogP contribution in [0.1, 0.15) is 26.3 Å². The van der Waals surface area contributed by atoms with E-state index in [1.807, 2.05) is 31.2 Å². The highest BCUT2D eigenvalue weighted by molar-refractivity contribution is 5.38. The Labute approximate surface area is 104 Å². The maximum atomic E-state index is 6.37. The molecular weight excluding hydrogens is 214 g/mol. The largest absolute Gasteiger partial charge is 0.491 e. The summed E-state index contributed by atoms with van der Waals surface area (Å²) >= 11 is 0. The standard InChI is InChI=1S/C14H23NO2/c1-11(2)14(3,15)12-7-5-6-8-13(12)17-10-9-16-4/h5-8,11H,9-10,15H2,1-4H3. The van der Waals surface area contributed by atoms with E-state index in [2.05, 4.69) is 13.8 Å². The van der Waals surface area contributed by atoms with Crippen LogP contribution in [0, 0.1) is 5.92 Å². The number of rotatable bonds is 6. The molecule has 2 N–H and O–H groups in total. The molecule has 1 unspecified atom stereocenters. The van der Waals surface area contributed by atoms with Gasteiger partial charge in [0, 0.05) is 18.2 Å². The Balaban J connectivity index is 2.91. The van der Waals surface area contributed by atoms with Crippen molar-refractivity contribution in [2.24, 2.45) is 11.7 Å². The Bertz CT molecular complexity index is 348. The van der Waals surface area contributed by atoms with E-state index < -0.39 is 0 Å². The summed E-state index contributed by atoms with van der Waals surface area (Å²) in [5.41, 5.74) is 7.04. The summed E-state index contributed by atoms with van der Waals surface area (Å²) in [7, 11) is 1.66. The Morgan fingerprint density at radius 1 is 1.24 bits per heavy atom. The Morgan fingerprint density at radius 3 is 2.47 bits per heavy atom. The second-order valence-electron chi connectivity index (χ2n) is 4.77. The summed E-state index contributed by atoms with van der Waals surface area (Å²) in [6.07, 6.45) is 0. The van der Waals surface area contributed by atoms with Gasteiger partial charge in [-0.2, -0.15) is 0 Å². The highest BCUT2D eigenvalue weighted by Crippen LogP contribution is 2.33. The number of nitrogens with two attached hydrogens (primary N) is 1. The third-order valence-corrected chi connectivity index (χ3v) is 3.21. The number of para-hydroxylation sites is 1. The lowest BCUT2D eigenvalue weighted by molar-refractivity contribution is 0.144. The van der Waals surface area contributed by atoms with Crippen LogP contribution >= 0.6 is 0 Å². The van der Waals surface area contributed by atoms with Crippen molar-refractivity contribution in [3.8, 4) is 5.75 Å². The van der Waals surface area contributed by atoms with Gasteiger partial charge in [0.1, 0.15) is 12.4 Å². The number of ether oxygens (including phenoxy) is 2. The van der Waals surface area contributed by atoms with E-state index in [0.717, 1.165) is 11.3 Å². The van der Waals surface area contributed by atoms with E-state index in [9.17, 15) is 0 Å². The summed E-state index contributed by atoms with van der Waals surface area (Å²) in [6.45, 7) is 7.40. The van der Waals surface area contributed by atoms with Crippen LogP contribution in [0.5, 0.6) is 5.75 Å². The second kappa shape index (κ2) is 6.03. The van der Waals surface area contributed by atoms with Crippen LogP contribution in [0.2, 0.25) is 0 Å². The van der Waals surface area contributed by atoms with Crippen molar-refractivity contribution in [2.45, 2.75) is 26.3 Å². The van der Waals surface area contributed by atoms with Crippen molar-refractivity contribution in [3.05, 3.63) is 29.8 Å². The van der Waals surface area contributed by atoms with Crippen molar-refractivity contribution in [2.75, 3.05) is 20.3 Å². The fourth-order valence-electron chi connectivity index (χ4n) is 1.58. The van der Waals surface area contributed by atoms with Gasteiger partial charge in [-0.05, 0) is 18.9 Å². The van der Waals surface area contributed by atoms with Gasteiger partial charge in [-0.1, -0.05) is 32.0 Å². The Morgan fingerprint density at radius 2 is 1.88 bits per heavy atom. The van der Waals surface area contributed by atoms with Crippen LogP contribution in [0.4, 0.5) is 0 Å². The van der Waals surface area contributed by atoms with Crippen molar-refractivity contribution in [1.82, 2.24) is 0 Å². The molecule has 1 aromatic rings. The van der Waals surface area contributed by atoms with Crippen LogP contribution in [0.15, 0.2) is 24.3 Å². The molecule has 0 bridgehead atoms. The number of hydrogen-bond donors (Lipinski definition) is 1. The summed E-state index contributed by atoms with van der Waals surface area (Å²) in [5, 5.41) is 0. The van der Waals surface area contributed by atoms with Gasteiger partial charge in [0.15, 0.2) is 0 Å². The Hall–Kier alpha value is -1.06. The summed E-state index contributed by atoms with van der Waals surface area (Å²) in [4.78, 5) is 0. The lowest BCUT2D eigenvalue weighted by Gasteiger charge is -2.31. The van der Waals surface area contributed by atoms with Crippen LogP contribution in [0.3, 0.4) is 0 Å². The molecule has 0 radical (unpaired) electrons. The van der Waals surface area contributed by atoms with Crippen molar-refractivity contribution in [3.63, 3.8) is 0 Å². The molecule has 0 aliphatic rings. The van der Waals surface area contributed by atoms with Gasteiger partial charge >= 0.3 is 0 Å². The molecule has 0 heterocycles. The molecule has 1 aromatic carbocycles. The first-order valence-electron chi connectivity index (χ1n) is 6.00. The third kappa shape index (κ3) is 3.45. The van der Waals surface area contributed by atoms with E-state index in [-0.39, 0.29) is 5.54 Å². The van der Waals surface area contributed by atoms with Gasteiger partial charge < -0.3 is 15.2 Å². The summed E-state index contributed by atoms with van der Waals surface area (Å²) < 4.78 is 10.7. The first kappa shape index (κ1) is 14.0. The number of hydrogen-bond acceptors (Lipinski definition) is 3. The molecule has 96 valence electrons. The minimum Gasteiger partial charge on any atom is -0.491 e. The first-order valence-corrected chi connectivity index (χ1v) is 6.00. The maximum absolute atomic E-state index is 6.37. The zero-order valence-electron chi connectivity index (χ0n) is 11.2. The topological polar surface area (TPSA) is 44.5 Å². The minimum atomic E-state index is -0.385. The average molecular weight is 237 g/mol. The number of methoxy groups -OCH3 is 1. The molecular formula is C14H23NO2. The average Bonchev–Trinajstić information content (AvgIpc) is 2.29. The lowest BCUT2D eigenvalue weighted by atomic mass is 9.82. The molecule has 3 heteroatoms. The molecule has 0 aliphatic heterocycles. The van der Waals surface area contributed by atoms with E-state index in [1.165, 1.54) is 0 Å². The van der Waals surface area contributed by atoms with Crippen molar-refractivity contribution < 1.29 is 9.47 Å². The summed E-state index contributed by atoms with van der Waals surface area (Å²) in [6, 6.07) is 7.94. The van der Waals surface area contributed by atoms with Gasteiger partial charge in [-0.15, -0.1) is 0 Å². The van der Waals surface area contributed by atoms with Crippen LogP contribution in [-0.2, 0) is 10.3 Å². The molecule has 1 rings (SSSR count). The molecule has 0 aliphatic carbocycles. The molecule has 17 heavy (non-hydrogen) atoms. The molecule has 3 nitrogen and oxygen atoms in total. The fraction of sp³-hybridized carbons (Fsp3) is 0.571. The van der Waals surface area contributed by atoms with Gasteiger partial charge in [0.05, 0.1) is 6.61 Å². The molecule has 0 fully saturated rings. The normalized spacial score (nSPS) is 14.7. The third-order valence-electron chi connectivity index (χ3n) is 3.21. The molecule has 0 saturated carbocycles. The van der Waals surface area contributed by atoms with Gasteiger partial charge in [-0.3, -0.25) is 0 Å². The van der Waals surface area contributed by atoms with E-state index in [4.69, 9.17) is 15.2 Å². The predicted molar refractivity (Wildman–Crippen MR) is 70.2 cm³/mol. The van der Waals surface area contributed by atoms with E-state index in [0.29, 0.717) is 19.1 Å². The molecule has 0 aromatic heterocycles. The maximum Gasteiger partial charge on any atom is 0.124 e. The van der Waals surface area contributed by atoms with Gasteiger partial charge in [-0.25, -0.2) is 0 Å². The van der Waals surface area contributed by atoms with Crippen LogP contribution in [-0.4, -0.2) is 20.3 Å². The van der Waals surface area contributed by atoms with E-state index in [1.54, 1.807) is 7.11 Å². The SMILES string of the molecule is COCCOc1ccccc1C(C)(N)C(C)C. The first-order chi connectivity index (χ1) is 8.00. The zero-order chi connectivity index (χ0) is 12.9. The Kier molecular flexibility index (Phi) is 4.97. The van der Waals surface area contributed by atoms with Gasteiger partial charge in [0.2, 0.25) is 0 Å². The molecule has 0 spiro atoms. The quantitative estimate of drug-likeness (QED) is 0.773. The zero-order valence-corrected chi connectivity index (χ0v) is 11.2. The van der Waals surface area contributed by atoms with Crippen molar-refractivity contribution >= 4 is 0 Å². The second-order valence-corrected chi connectivity index (χ2v) is 4.77. The molecule has 0 saturated heterocycles. The lowest BCUT2D eigenvalue weighted by Crippen LogP contribution is -2.39. The van der Waals surface area contributed by atoms with Gasteiger partial charge in [0.25, 0.3) is 0 Å². The fourth-order valence-corrected chi connectivity index (χ4v) is 1.58. The van der Waals surface area contributed by atoms with E-state index >= 15 is 0 Å². The smallest absolute Gasteiger partial charge is 0.124 e. The summed E-state index contributed by atoms with van der Waals surface area (Å²) in [5.74, 6) is 1.19. The highest BCUT2D eigenvalue weighted by Gasteiger charge is 2.28. The highest BCUT2D eigenvalue weighted by atomic mass is 16.5. The molecule has 1 atom stereocenters. The molecule has 0 amide bonds. The predicted octanol–water partition coefficient (Wildman–Crippen LogP) is 2.54. The van der Waals surface area contributed by atoms with Crippen LogP contribution < -0.4 is 10.5 Å². The van der Waals surface area contributed by atoms with Crippen molar-refractivity contribution in [1.29, 1.82) is 0 Å². The number of benzene rings is 1. The minimum absolute atomic E-state index is 0.342.